The second-order valence-electron chi connectivity index (χ2n) is 7.72. The lowest BCUT2D eigenvalue weighted by Gasteiger charge is -2.14. The van der Waals surface area contributed by atoms with Crippen LogP contribution >= 0.6 is 0 Å². The average molecular weight is 448 g/mol. The highest BCUT2D eigenvalue weighted by Gasteiger charge is 2.15. The molecule has 0 saturated heterocycles. The van der Waals surface area contributed by atoms with Gasteiger partial charge in [-0.25, -0.2) is 17.7 Å². The summed E-state index contributed by atoms with van der Waals surface area (Å²) in [5, 5.41) is 7.56. The van der Waals surface area contributed by atoms with E-state index < -0.39 is 10.0 Å². The van der Waals surface area contributed by atoms with Crippen LogP contribution in [0.3, 0.4) is 0 Å². The fraction of sp³-hybridized carbons (Fsp3) is 0.167. The van der Waals surface area contributed by atoms with Gasteiger partial charge in [-0.05, 0) is 48.4 Å². The van der Waals surface area contributed by atoms with Gasteiger partial charge >= 0.3 is 0 Å². The molecule has 0 atom stereocenters. The van der Waals surface area contributed by atoms with Gasteiger partial charge in [0.1, 0.15) is 5.82 Å². The van der Waals surface area contributed by atoms with Crippen molar-refractivity contribution in [3.05, 3.63) is 83.9 Å². The number of fused-ring (bicyclic) bond motifs is 1. The lowest BCUT2D eigenvalue weighted by Crippen LogP contribution is -2.23. The smallest absolute Gasteiger partial charge is 0.229 e. The molecule has 4 aromatic rings. The summed E-state index contributed by atoms with van der Waals surface area (Å²) >= 11 is 0. The molecule has 0 bridgehead atoms. The Bertz CT molecular complexity index is 1340. The summed E-state index contributed by atoms with van der Waals surface area (Å²) in [6.07, 6.45) is 0. The third kappa shape index (κ3) is 4.87. The minimum Gasteiger partial charge on any atom is -0.340 e. The topological polar surface area (TPSA) is 87.2 Å². The number of aryl methyl sites for hydroxylation is 1. The van der Waals surface area contributed by atoms with Crippen LogP contribution in [0.25, 0.3) is 10.9 Å². The van der Waals surface area contributed by atoms with Crippen molar-refractivity contribution < 1.29 is 8.42 Å². The maximum atomic E-state index is 12.1. The number of hydrogen-bond acceptors (Lipinski definition) is 6. The van der Waals surface area contributed by atoms with Crippen LogP contribution in [0.4, 0.5) is 23.1 Å². The van der Waals surface area contributed by atoms with Gasteiger partial charge in [0.25, 0.3) is 0 Å². The Hall–Kier alpha value is -3.49. The van der Waals surface area contributed by atoms with Crippen molar-refractivity contribution in [3.63, 3.8) is 0 Å². The zero-order valence-corrected chi connectivity index (χ0v) is 19.0. The lowest BCUT2D eigenvalue weighted by molar-refractivity contribution is 0.520. The Morgan fingerprint density at radius 2 is 1.50 bits per heavy atom. The van der Waals surface area contributed by atoms with Gasteiger partial charge in [0.2, 0.25) is 16.0 Å². The zero-order valence-electron chi connectivity index (χ0n) is 18.2. The third-order valence-corrected chi connectivity index (χ3v) is 6.89. The summed E-state index contributed by atoms with van der Waals surface area (Å²) in [6.45, 7) is 2.02. The molecule has 32 heavy (non-hydrogen) atoms. The molecular formula is C24H25N5O2S. The molecule has 3 aromatic carbocycles. The third-order valence-electron chi connectivity index (χ3n) is 5.08. The summed E-state index contributed by atoms with van der Waals surface area (Å²) in [5.41, 5.74) is 4.33. The quantitative estimate of drug-likeness (QED) is 0.422. The molecule has 164 valence electrons. The Labute approximate surface area is 188 Å². The highest BCUT2D eigenvalue weighted by molar-refractivity contribution is 7.88. The van der Waals surface area contributed by atoms with E-state index in [0.717, 1.165) is 27.8 Å². The summed E-state index contributed by atoms with van der Waals surface area (Å²) < 4.78 is 25.4. The number of nitrogens with one attached hydrogen (secondary N) is 2. The molecule has 1 aromatic heterocycles. The molecule has 0 spiro atoms. The number of anilines is 4. The molecule has 0 aliphatic carbocycles. The van der Waals surface area contributed by atoms with Crippen molar-refractivity contribution in [2.24, 2.45) is 0 Å². The van der Waals surface area contributed by atoms with Crippen LogP contribution in [-0.2, 0) is 15.8 Å². The van der Waals surface area contributed by atoms with Gasteiger partial charge in [-0.1, -0.05) is 42.5 Å². The molecule has 0 amide bonds. The van der Waals surface area contributed by atoms with E-state index in [-0.39, 0.29) is 5.75 Å². The van der Waals surface area contributed by atoms with Crippen molar-refractivity contribution in [2.45, 2.75) is 12.7 Å². The molecular weight excluding hydrogens is 422 g/mol. The fourth-order valence-electron chi connectivity index (χ4n) is 3.26. The monoisotopic (exact) mass is 447 g/mol. The van der Waals surface area contributed by atoms with Crippen LogP contribution < -0.4 is 10.6 Å². The predicted octanol–water partition coefficient (Wildman–Crippen LogP) is 4.82. The van der Waals surface area contributed by atoms with Crippen LogP contribution in [-0.4, -0.2) is 36.8 Å². The van der Waals surface area contributed by atoms with Gasteiger partial charge in [0.15, 0.2) is 0 Å². The van der Waals surface area contributed by atoms with Crippen LogP contribution in [0.5, 0.6) is 0 Å². The van der Waals surface area contributed by atoms with Crippen LogP contribution in [0, 0.1) is 6.92 Å². The molecule has 0 fully saturated rings. The number of aromatic nitrogens is 2. The molecule has 0 aliphatic heterocycles. The minimum atomic E-state index is -3.31. The van der Waals surface area contributed by atoms with Gasteiger partial charge in [-0.15, -0.1) is 0 Å². The molecule has 0 unspecified atom stereocenters. The van der Waals surface area contributed by atoms with Crippen molar-refractivity contribution in [1.82, 2.24) is 14.3 Å². The Kier molecular flexibility index (Phi) is 6.07. The van der Waals surface area contributed by atoms with Crippen molar-refractivity contribution in [1.29, 1.82) is 0 Å². The normalized spacial score (nSPS) is 11.6. The van der Waals surface area contributed by atoms with Crippen molar-refractivity contribution in [2.75, 3.05) is 24.7 Å². The standard InChI is InChI=1S/C24H25N5O2S/c1-17-8-7-11-21-22(17)27-24(28-23(21)25-19-9-5-4-6-10-19)26-20-14-12-18(13-15-20)16-32(30,31)29(2)3/h4-15H,16H2,1-3H3,(H2,25,26,27,28). The first-order valence-electron chi connectivity index (χ1n) is 10.2. The summed E-state index contributed by atoms with van der Waals surface area (Å²) in [7, 11) is -0.241. The second-order valence-corrected chi connectivity index (χ2v) is 9.90. The van der Waals surface area contributed by atoms with E-state index in [1.165, 1.54) is 18.4 Å². The molecule has 8 heteroatoms. The number of rotatable bonds is 7. The summed E-state index contributed by atoms with van der Waals surface area (Å²) in [5.74, 6) is 1.12. The zero-order chi connectivity index (χ0) is 22.7. The predicted molar refractivity (Wildman–Crippen MR) is 130 cm³/mol. The van der Waals surface area contributed by atoms with Gasteiger partial charge in [-0.3, -0.25) is 0 Å². The van der Waals surface area contributed by atoms with Crippen molar-refractivity contribution in [3.8, 4) is 0 Å². The first-order valence-corrected chi connectivity index (χ1v) is 11.8. The first-order chi connectivity index (χ1) is 15.3. The van der Waals surface area contributed by atoms with Crippen LogP contribution in [0.15, 0.2) is 72.8 Å². The van der Waals surface area contributed by atoms with E-state index in [0.29, 0.717) is 17.3 Å². The first kappa shape index (κ1) is 21.7. The molecule has 0 saturated carbocycles. The molecule has 7 nitrogen and oxygen atoms in total. The molecule has 0 aliphatic rings. The number of hydrogen-bond donors (Lipinski definition) is 2. The van der Waals surface area contributed by atoms with E-state index in [1.807, 2.05) is 67.6 Å². The maximum absolute atomic E-state index is 12.1. The maximum Gasteiger partial charge on any atom is 0.229 e. The number of sulfonamides is 1. The SMILES string of the molecule is Cc1cccc2c(Nc3ccccc3)nc(Nc3ccc(CS(=O)(=O)N(C)C)cc3)nc12. The van der Waals surface area contributed by atoms with Gasteiger partial charge < -0.3 is 10.6 Å². The highest BCUT2D eigenvalue weighted by Crippen LogP contribution is 2.28. The number of benzene rings is 3. The molecule has 4 rings (SSSR count). The van der Waals surface area contributed by atoms with Gasteiger partial charge in [-0.2, -0.15) is 4.98 Å². The van der Waals surface area contributed by atoms with E-state index in [4.69, 9.17) is 9.97 Å². The number of para-hydroxylation sites is 2. The molecule has 0 radical (unpaired) electrons. The second kappa shape index (κ2) is 8.94. The average Bonchev–Trinajstić information content (AvgIpc) is 2.76. The van der Waals surface area contributed by atoms with Crippen LogP contribution in [0.2, 0.25) is 0 Å². The van der Waals surface area contributed by atoms with Gasteiger partial charge in [0, 0.05) is 30.9 Å². The van der Waals surface area contributed by atoms with Gasteiger partial charge in [0.05, 0.1) is 11.3 Å². The Morgan fingerprint density at radius 1 is 0.812 bits per heavy atom. The summed E-state index contributed by atoms with van der Waals surface area (Å²) in [4.78, 5) is 9.41. The highest BCUT2D eigenvalue weighted by atomic mass is 32.2. The molecule has 2 N–H and O–H groups in total. The Morgan fingerprint density at radius 3 is 2.19 bits per heavy atom. The van der Waals surface area contributed by atoms with E-state index in [9.17, 15) is 8.42 Å². The van der Waals surface area contributed by atoms with E-state index in [1.54, 1.807) is 12.1 Å². The fourth-order valence-corrected chi connectivity index (χ4v) is 4.13. The number of nitrogens with zero attached hydrogens (tertiary/aromatic N) is 3. The molecule has 1 heterocycles. The van der Waals surface area contributed by atoms with E-state index in [2.05, 4.69) is 10.6 Å². The lowest BCUT2D eigenvalue weighted by atomic mass is 10.1. The summed E-state index contributed by atoms with van der Waals surface area (Å²) in [6, 6.07) is 23.1. The van der Waals surface area contributed by atoms with Crippen molar-refractivity contribution >= 4 is 44.1 Å². The van der Waals surface area contributed by atoms with E-state index >= 15 is 0 Å². The largest absolute Gasteiger partial charge is 0.340 e. The Balaban J connectivity index is 1.64. The van der Waals surface area contributed by atoms with Crippen LogP contribution in [0.1, 0.15) is 11.1 Å². The minimum absolute atomic E-state index is 0.0446.